The minimum Gasteiger partial charge on any atom is -0.357 e. The quantitative estimate of drug-likeness (QED) is 0.271. The van der Waals surface area contributed by atoms with Crippen LogP contribution in [0, 0.1) is 12.3 Å². The van der Waals surface area contributed by atoms with Gasteiger partial charge in [0.15, 0.2) is 5.96 Å². The predicted molar refractivity (Wildman–Crippen MR) is 107 cm³/mol. The zero-order valence-corrected chi connectivity index (χ0v) is 16.0. The van der Waals surface area contributed by atoms with Gasteiger partial charge >= 0.3 is 0 Å². The van der Waals surface area contributed by atoms with E-state index >= 15 is 0 Å². The summed E-state index contributed by atoms with van der Waals surface area (Å²) < 4.78 is 0. The normalized spacial score (nSPS) is 10.2. The number of nitrogens with one attached hydrogen (secondary N) is 3. The van der Waals surface area contributed by atoms with Crippen LogP contribution in [-0.4, -0.2) is 25.0 Å². The van der Waals surface area contributed by atoms with Crippen LogP contribution in [0.1, 0.15) is 32.3 Å². The number of benzene rings is 1. The Morgan fingerprint density at radius 2 is 2.09 bits per heavy atom. The molecule has 6 heteroatoms. The summed E-state index contributed by atoms with van der Waals surface area (Å²) in [7, 11) is 0. The summed E-state index contributed by atoms with van der Waals surface area (Å²) >= 11 is 0. The maximum atomic E-state index is 11.6. The zero-order chi connectivity index (χ0) is 16.2. The first-order chi connectivity index (χ1) is 10.7. The van der Waals surface area contributed by atoms with Crippen LogP contribution in [0.2, 0.25) is 0 Å². The molecule has 0 atom stereocenters. The Balaban J connectivity index is 0.00000484. The highest BCUT2D eigenvalue weighted by Crippen LogP contribution is 2.12. The van der Waals surface area contributed by atoms with Crippen molar-refractivity contribution >= 4 is 41.5 Å². The number of halogens is 1. The monoisotopic (exact) mass is 428 g/mol. The van der Waals surface area contributed by atoms with Crippen LogP contribution in [0.25, 0.3) is 0 Å². The van der Waals surface area contributed by atoms with Crippen LogP contribution in [0.5, 0.6) is 0 Å². The zero-order valence-electron chi connectivity index (χ0n) is 13.7. The Hall–Kier alpha value is -1.75. The van der Waals surface area contributed by atoms with Gasteiger partial charge in [0.25, 0.3) is 0 Å². The molecule has 1 aromatic rings. The molecule has 3 N–H and O–H groups in total. The third-order valence-corrected chi connectivity index (χ3v) is 2.81. The number of guanidine groups is 1. The van der Waals surface area contributed by atoms with Gasteiger partial charge < -0.3 is 16.0 Å². The minimum absolute atomic E-state index is 0. The van der Waals surface area contributed by atoms with E-state index in [0.29, 0.717) is 25.5 Å². The lowest BCUT2D eigenvalue weighted by Crippen LogP contribution is -2.37. The fourth-order valence-corrected chi connectivity index (χ4v) is 1.84. The molecule has 5 nitrogen and oxygen atoms in total. The molecular formula is C17H25IN4O. The van der Waals surface area contributed by atoms with Crippen molar-refractivity contribution in [3.63, 3.8) is 0 Å². The van der Waals surface area contributed by atoms with Crippen LogP contribution in [-0.2, 0) is 11.3 Å². The number of aliphatic imine (C=N–C) groups is 1. The van der Waals surface area contributed by atoms with Crippen molar-refractivity contribution < 1.29 is 4.79 Å². The smallest absolute Gasteiger partial charge is 0.224 e. The van der Waals surface area contributed by atoms with Gasteiger partial charge in [0, 0.05) is 18.7 Å². The summed E-state index contributed by atoms with van der Waals surface area (Å²) in [5, 5.41) is 9.05. The number of hydrogen-bond acceptors (Lipinski definition) is 2. The Bertz CT molecular complexity index is 552. The summed E-state index contributed by atoms with van der Waals surface area (Å²) in [6, 6.07) is 7.70. The number of terminal acetylenes is 1. The second-order valence-electron chi connectivity index (χ2n) is 4.75. The Morgan fingerprint density at radius 1 is 1.30 bits per heavy atom. The Morgan fingerprint density at radius 3 is 2.74 bits per heavy atom. The van der Waals surface area contributed by atoms with Crippen molar-refractivity contribution in [3.8, 4) is 12.3 Å². The summed E-state index contributed by atoms with van der Waals surface area (Å²) in [5.41, 5.74) is 1.82. The van der Waals surface area contributed by atoms with Crippen molar-refractivity contribution in [2.75, 3.05) is 18.4 Å². The van der Waals surface area contributed by atoms with Crippen molar-refractivity contribution in [1.29, 1.82) is 0 Å². The molecule has 0 aliphatic carbocycles. The molecule has 23 heavy (non-hydrogen) atoms. The van der Waals surface area contributed by atoms with Gasteiger partial charge in [0.2, 0.25) is 5.91 Å². The van der Waals surface area contributed by atoms with Crippen molar-refractivity contribution in [3.05, 3.63) is 29.8 Å². The van der Waals surface area contributed by atoms with E-state index < -0.39 is 0 Å². The first-order valence-corrected chi connectivity index (χ1v) is 7.54. The fraction of sp³-hybridized carbons (Fsp3) is 0.412. The number of carbonyl (C=O) groups excluding carboxylic acids is 1. The van der Waals surface area contributed by atoms with Crippen LogP contribution in [0.3, 0.4) is 0 Å². The lowest BCUT2D eigenvalue weighted by molar-refractivity contribution is -0.116. The highest BCUT2D eigenvalue weighted by atomic mass is 127. The first-order valence-electron chi connectivity index (χ1n) is 7.54. The predicted octanol–water partition coefficient (Wildman–Crippen LogP) is 2.73. The van der Waals surface area contributed by atoms with Gasteiger partial charge in [-0.1, -0.05) is 25.0 Å². The molecule has 0 radical (unpaired) electrons. The van der Waals surface area contributed by atoms with Gasteiger partial charge in [-0.25, -0.2) is 4.99 Å². The van der Waals surface area contributed by atoms with E-state index in [1.807, 2.05) is 38.1 Å². The number of rotatable bonds is 7. The largest absolute Gasteiger partial charge is 0.357 e. The molecule has 126 valence electrons. The van der Waals surface area contributed by atoms with Gasteiger partial charge in [-0.05, 0) is 31.0 Å². The summed E-state index contributed by atoms with van der Waals surface area (Å²) in [6.45, 7) is 5.69. The van der Waals surface area contributed by atoms with Crippen LogP contribution >= 0.6 is 24.0 Å². The van der Waals surface area contributed by atoms with Gasteiger partial charge in [-0.15, -0.1) is 30.4 Å². The number of nitrogens with zero attached hydrogens (tertiary/aromatic N) is 1. The van der Waals surface area contributed by atoms with E-state index in [0.717, 1.165) is 24.2 Å². The highest BCUT2D eigenvalue weighted by molar-refractivity contribution is 14.0. The maximum absolute atomic E-state index is 11.6. The minimum atomic E-state index is 0. The van der Waals surface area contributed by atoms with Gasteiger partial charge in [-0.2, -0.15) is 0 Å². The third kappa shape index (κ3) is 9.08. The summed E-state index contributed by atoms with van der Waals surface area (Å²) in [4.78, 5) is 16.1. The summed E-state index contributed by atoms with van der Waals surface area (Å²) in [6.07, 6.45) is 6.60. The molecule has 0 bridgehead atoms. The van der Waals surface area contributed by atoms with Crippen molar-refractivity contribution in [2.24, 2.45) is 4.99 Å². The van der Waals surface area contributed by atoms with E-state index in [1.165, 1.54) is 0 Å². The number of carbonyl (C=O) groups is 1. The van der Waals surface area contributed by atoms with E-state index in [4.69, 9.17) is 6.42 Å². The lowest BCUT2D eigenvalue weighted by atomic mass is 10.2. The Labute approximate surface area is 155 Å². The SMILES string of the molecule is C#CCNC(=NCc1cccc(NC(=O)CCC)c1)NCC.I. The molecule has 1 amide bonds. The molecule has 1 aromatic carbocycles. The molecule has 0 unspecified atom stereocenters. The molecule has 0 spiro atoms. The highest BCUT2D eigenvalue weighted by Gasteiger charge is 2.02. The van der Waals surface area contributed by atoms with Crippen molar-refractivity contribution in [2.45, 2.75) is 33.2 Å². The second-order valence-corrected chi connectivity index (χ2v) is 4.75. The molecule has 0 saturated heterocycles. The van der Waals surface area contributed by atoms with E-state index in [-0.39, 0.29) is 29.9 Å². The average molecular weight is 428 g/mol. The molecule has 0 aromatic heterocycles. The average Bonchev–Trinajstić information content (AvgIpc) is 2.50. The van der Waals surface area contributed by atoms with Gasteiger partial charge in [-0.3, -0.25) is 4.79 Å². The molecule has 0 heterocycles. The van der Waals surface area contributed by atoms with Gasteiger partial charge in [0.1, 0.15) is 0 Å². The number of anilines is 1. The van der Waals surface area contributed by atoms with Crippen molar-refractivity contribution in [1.82, 2.24) is 10.6 Å². The molecule has 0 fully saturated rings. The van der Waals surface area contributed by atoms with Crippen LogP contribution in [0.15, 0.2) is 29.3 Å². The molecule has 0 aliphatic heterocycles. The standard InChI is InChI=1S/C17H24N4O.HI/c1-4-8-16(22)21-15-10-7-9-14(12-15)13-20-17(18-6-3)19-11-5-2;/h2,7,9-10,12H,4,6,8,11,13H2,1,3H3,(H,21,22)(H2,18,19,20);1H. The van der Waals surface area contributed by atoms with E-state index in [2.05, 4.69) is 26.9 Å². The van der Waals surface area contributed by atoms with Gasteiger partial charge in [0.05, 0.1) is 13.1 Å². The summed E-state index contributed by atoms with van der Waals surface area (Å²) in [5.74, 6) is 3.23. The number of amides is 1. The fourth-order valence-electron chi connectivity index (χ4n) is 1.84. The van der Waals surface area contributed by atoms with E-state index in [9.17, 15) is 4.79 Å². The van der Waals surface area contributed by atoms with E-state index in [1.54, 1.807) is 0 Å². The third-order valence-electron chi connectivity index (χ3n) is 2.81. The molecule has 0 aliphatic rings. The Kier molecular flexibility index (Phi) is 11.8. The molecule has 1 rings (SSSR count). The second kappa shape index (κ2) is 12.8. The molecular weight excluding hydrogens is 403 g/mol. The number of hydrogen-bond donors (Lipinski definition) is 3. The molecule has 0 saturated carbocycles. The van der Waals surface area contributed by atoms with Crippen LogP contribution < -0.4 is 16.0 Å². The first kappa shape index (κ1) is 21.2. The lowest BCUT2D eigenvalue weighted by Gasteiger charge is -2.09. The maximum Gasteiger partial charge on any atom is 0.224 e. The topological polar surface area (TPSA) is 65.5 Å². The van der Waals surface area contributed by atoms with Crippen LogP contribution in [0.4, 0.5) is 5.69 Å².